The standard InChI is InChI=1S/C13H16BrNO3S/c1-2-10-9-15(8-7-13(10)16)19(17,18)12-5-3-11(14)4-6-12/h3-6,10H,2,7-9H2,1H3. The molecule has 104 valence electrons. The first kappa shape index (κ1) is 14.7. The van der Waals surface area contributed by atoms with E-state index in [1.807, 2.05) is 6.92 Å². The highest BCUT2D eigenvalue weighted by Gasteiger charge is 2.33. The first-order chi connectivity index (χ1) is 8.95. The Balaban J connectivity index is 2.25. The zero-order valence-electron chi connectivity index (χ0n) is 10.7. The Bertz CT molecular complexity index is 568. The molecule has 0 saturated carbocycles. The van der Waals surface area contributed by atoms with Crippen LogP contribution in [-0.4, -0.2) is 31.6 Å². The van der Waals surface area contributed by atoms with Gasteiger partial charge in [0.15, 0.2) is 0 Å². The molecule has 1 aromatic rings. The van der Waals surface area contributed by atoms with Gasteiger partial charge in [0.1, 0.15) is 5.78 Å². The summed E-state index contributed by atoms with van der Waals surface area (Å²) in [4.78, 5) is 11.9. The van der Waals surface area contributed by atoms with E-state index in [2.05, 4.69) is 15.9 Å². The van der Waals surface area contributed by atoms with Crippen molar-refractivity contribution in [2.24, 2.45) is 5.92 Å². The Morgan fingerprint density at radius 2 is 1.95 bits per heavy atom. The predicted octanol–water partition coefficient (Wildman–Crippen LogP) is 2.44. The highest BCUT2D eigenvalue weighted by molar-refractivity contribution is 9.10. The summed E-state index contributed by atoms with van der Waals surface area (Å²) in [6, 6.07) is 6.58. The SMILES string of the molecule is CCC1CN(S(=O)(=O)c2ccc(Br)cc2)CCC1=O. The maximum atomic E-state index is 12.5. The number of carbonyl (C=O) groups is 1. The third kappa shape index (κ3) is 3.07. The van der Waals surface area contributed by atoms with Crippen LogP contribution in [0.4, 0.5) is 0 Å². The zero-order valence-corrected chi connectivity index (χ0v) is 13.1. The van der Waals surface area contributed by atoms with Gasteiger partial charge in [-0.1, -0.05) is 22.9 Å². The molecule has 0 aliphatic carbocycles. The van der Waals surface area contributed by atoms with Crippen molar-refractivity contribution in [1.29, 1.82) is 0 Å². The summed E-state index contributed by atoms with van der Waals surface area (Å²) in [5, 5.41) is 0. The Morgan fingerprint density at radius 3 is 2.53 bits per heavy atom. The van der Waals surface area contributed by atoms with Crippen LogP contribution in [0.5, 0.6) is 0 Å². The van der Waals surface area contributed by atoms with Gasteiger partial charge in [-0.3, -0.25) is 4.79 Å². The number of nitrogens with zero attached hydrogens (tertiary/aromatic N) is 1. The lowest BCUT2D eigenvalue weighted by Gasteiger charge is -2.30. The van der Waals surface area contributed by atoms with Gasteiger partial charge in [0.05, 0.1) is 4.90 Å². The quantitative estimate of drug-likeness (QED) is 0.845. The van der Waals surface area contributed by atoms with E-state index in [9.17, 15) is 13.2 Å². The minimum Gasteiger partial charge on any atom is -0.299 e. The second kappa shape index (κ2) is 5.73. The van der Waals surface area contributed by atoms with Crippen molar-refractivity contribution >= 4 is 31.7 Å². The van der Waals surface area contributed by atoms with E-state index in [-0.39, 0.29) is 23.1 Å². The predicted molar refractivity (Wildman–Crippen MR) is 76.3 cm³/mol. The van der Waals surface area contributed by atoms with Crippen molar-refractivity contribution in [1.82, 2.24) is 4.31 Å². The number of sulfonamides is 1. The smallest absolute Gasteiger partial charge is 0.243 e. The number of hydrogen-bond acceptors (Lipinski definition) is 3. The molecule has 1 aromatic carbocycles. The minimum absolute atomic E-state index is 0.168. The molecule has 6 heteroatoms. The fourth-order valence-corrected chi connectivity index (χ4v) is 3.96. The van der Waals surface area contributed by atoms with Crippen molar-refractivity contribution in [3.63, 3.8) is 0 Å². The van der Waals surface area contributed by atoms with Gasteiger partial charge >= 0.3 is 0 Å². The molecule has 0 bridgehead atoms. The lowest BCUT2D eigenvalue weighted by atomic mass is 9.96. The monoisotopic (exact) mass is 345 g/mol. The topological polar surface area (TPSA) is 54.5 Å². The minimum atomic E-state index is -3.48. The molecule has 4 nitrogen and oxygen atoms in total. The third-order valence-electron chi connectivity index (χ3n) is 3.43. The number of rotatable bonds is 3. The number of halogens is 1. The molecule has 1 saturated heterocycles. The molecule has 0 N–H and O–H groups in total. The fraction of sp³-hybridized carbons (Fsp3) is 0.462. The van der Waals surface area contributed by atoms with E-state index < -0.39 is 10.0 Å². The van der Waals surface area contributed by atoms with Crippen LogP contribution in [-0.2, 0) is 14.8 Å². The van der Waals surface area contributed by atoms with E-state index in [1.54, 1.807) is 24.3 Å². The summed E-state index contributed by atoms with van der Waals surface area (Å²) in [5.74, 6) is 0.00345. The third-order valence-corrected chi connectivity index (χ3v) is 5.84. The van der Waals surface area contributed by atoms with Crippen molar-refractivity contribution in [2.45, 2.75) is 24.7 Å². The van der Waals surface area contributed by atoms with Crippen molar-refractivity contribution < 1.29 is 13.2 Å². The first-order valence-electron chi connectivity index (χ1n) is 6.23. The normalized spacial score (nSPS) is 21.6. The van der Waals surface area contributed by atoms with Crippen molar-refractivity contribution in [2.75, 3.05) is 13.1 Å². The molecule has 0 amide bonds. The molecule has 0 aromatic heterocycles. The molecular formula is C13H16BrNO3S. The lowest BCUT2D eigenvalue weighted by molar-refractivity contribution is -0.125. The van der Waals surface area contributed by atoms with Crippen LogP contribution in [0.2, 0.25) is 0 Å². The maximum Gasteiger partial charge on any atom is 0.243 e. The largest absolute Gasteiger partial charge is 0.299 e. The Hall–Kier alpha value is -0.720. The van der Waals surface area contributed by atoms with Gasteiger partial charge in [0.25, 0.3) is 0 Å². The number of carbonyl (C=O) groups excluding carboxylic acids is 1. The highest BCUT2D eigenvalue weighted by Crippen LogP contribution is 2.24. The lowest BCUT2D eigenvalue weighted by Crippen LogP contribution is -2.43. The Kier molecular flexibility index (Phi) is 4.43. The Labute approximate surface area is 122 Å². The van der Waals surface area contributed by atoms with Gasteiger partial charge in [0.2, 0.25) is 10.0 Å². The number of piperidine rings is 1. The number of Topliss-reactive ketones (excluding diaryl/α,β-unsaturated/α-hetero) is 1. The molecule has 1 aliphatic heterocycles. The van der Waals surface area contributed by atoms with Gasteiger partial charge < -0.3 is 0 Å². The average molecular weight is 346 g/mol. The number of hydrogen-bond donors (Lipinski definition) is 0. The van der Waals surface area contributed by atoms with Crippen LogP contribution in [0.1, 0.15) is 19.8 Å². The van der Waals surface area contributed by atoms with Gasteiger partial charge in [-0.2, -0.15) is 4.31 Å². The molecule has 0 radical (unpaired) electrons. The van der Waals surface area contributed by atoms with Crippen LogP contribution in [0.15, 0.2) is 33.6 Å². The van der Waals surface area contributed by atoms with Gasteiger partial charge in [-0.15, -0.1) is 0 Å². The van der Waals surface area contributed by atoms with E-state index in [4.69, 9.17) is 0 Å². The number of ketones is 1. The summed E-state index contributed by atoms with van der Waals surface area (Å²) >= 11 is 3.28. The van der Waals surface area contributed by atoms with Crippen molar-refractivity contribution in [3.05, 3.63) is 28.7 Å². The van der Waals surface area contributed by atoms with Crippen LogP contribution >= 0.6 is 15.9 Å². The average Bonchev–Trinajstić information content (AvgIpc) is 2.39. The molecule has 0 spiro atoms. The molecule has 1 aliphatic rings. The van der Waals surface area contributed by atoms with E-state index in [0.717, 1.165) is 4.47 Å². The Morgan fingerprint density at radius 1 is 1.32 bits per heavy atom. The van der Waals surface area contributed by atoms with E-state index >= 15 is 0 Å². The second-order valence-corrected chi connectivity index (χ2v) is 7.49. The van der Waals surface area contributed by atoms with Crippen molar-refractivity contribution in [3.8, 4) is 0 Å². The molecule has 1 fully saturated rings. The van der Waals surface area contributed by atoms with E-state index in [1.165, 1.54) is 4.31 Å². The summed E-state index contributed by atoms with van der Waals surface area (Å²) in [6.45, 7) is 2.50. The fourth-order valence-electron chi connectivity index (χ4n) is 2.21. The van der Waals surface area contributed by atoms with E-state index in [0.29, 0.717) is 19.4 Å². The molecule has 1 atom stereocenters. The van der Waals surface area contributed by atoms with Crippen LogP contribution < -0.4 is 0 Å². The summed E-state index contributed by atoms with van der Waals surface area (Å²) in [7, 11) is -3.48. The zero-order chi connectivity index (χ0) is 14.0. The molecule has 19 heavy (non-hydrogen) atoms. The first-order valence-corrected chi connectivity index (χ1v) is 8.47. The van der Waals surface area contributed by atoms with Gasteiger partial charge in [-0.25, -0.2) is 8.42 Å². The van der Waals surface area contributed by atoms with Crippen LogP contribution in [0, 0.1) is 5.92 Å². The highest BCUT2D eigenvalue weighted by atomic mass is 79.9. The molecule has 1 heterocycles. The summed E-state index contributed by atoms with van der Waals surface area (Å²) < 4.78 is 27.2. The maximum absolute atomic E-state index is 12.5. The van der Waals surface area contributed by atoms with Crippen LogP contribution in [0.3, 0.4) is 0 Å². The van der Waals surface area contributed by atoms with Crippen LogP contribution in [0.25, 0.3) is 0 Å². The van der Waals surface area contributed by atoms with Gasteiger partial charge in [0, 0.05) is 29.9 Å². The molecule has 2 rings (SSSR count). The molecular weight excluding hydrogens is 330 g/mol. The number of benzene rings is 1. The summed E-state index contributed by atoms with van der Waals surface area (Å²) in [6.07, 6.45) is 0.999. The second-order valence-electron chi connectivity index (χ2n) is 4.64. The van der Waals surface area contributed by atoms with Gasteiger partial charge in [-0.05, 0) is 30.7 Å². The molecule has 1 unspecified atom stereocenters. The summed E-state index contributed by atoms with van der Waals surface area (Å²) in [5.41, 5.74) is 0.